The highest BCUT2D eigenvalue weighted by Gasteiger charge is 2.18. The molecule has 2 aromatic rings. The first-order valence-electron chi connectivity index (χ1n) is 9.40. The fourth-order valence-electron chi connectivity index (χ4n) is 2.95. The van der Waals surface area contributed by atoms with Crippen molar-refractivity contribution in [2.24, 2.45) is 0 Å². The zero-order valence-corrected chi connectivity index (χ0v) is 15.9. The third-order valence-corrected chi connectivity index (χ3v) is 4.32. The molecule has 0 aromatic heterocycles. The van der Waals surface area contributed by atoms with Crippen LogP contribution < -0.4 is 15.4 Å². The second kappa shape index (κ2) is 9.75. The number of carbonyl (C=O) groups is 2. The molecule has 2 amide bonds. The lowest BCUT2D eigenvalue weighted by Gasteiger charge is -2.27. The van der Waals surface area contributed by atoms with E-state index in [9.17, 15) is 9.59 Å². The van der Waals surface area contributed by atoms with Crippen molar-refractivity contribution in [3.05, 3.63) is 54.1 Å². The molecule has 1 heterocycles. The zero-order valence-electron chi connectivity index (χ0n) is 15.9. The third kappa shape index (κ3) is 5.23. The van der Waals surface area contributed by atoms with E-state index in [1.165, 1.54) is 0 Å². The van der Waals surface area contributed by atoms with Gasteiger partial charge in [0, 0.05) is 24.3 Å². The molecule has 3 rings (SSSR count). The fourth-order valence-corrected chi connectivity index (χ4v) is 2.95. The molecule has 7 heteroatoms. The molecule has 0 spiro atoms. The van der Waals surface area contributed by atoms with Gasteiger partial charge < -0.3 is 25.0 Å². The number of morpholine rings is 1. The monoisotopic (exact) mass is 383 g/mol. The zero-order chi connectivity index (χ0) is 19.8. The van der Waals surface area contributed by atoms with Gasteiger partial charge in [-0.25, -0.2) is 0 Å². The van der Waals surface area contributed by atoms with Crippen LogP contribution in [0.2, 0.25) is 0 Å². The van der Waals surface area contributed by atoms with Crippen LogP contribution in [0, 0.1) is 0 Å². The Morgan fingerprint density at radius 3 is 2.68 bits per heavy atom. The number of ether oxygens (including phenoxy) is 2. The molecule has 0 unspecified atom stereocenters. The summed E-state index contributed by atoms with van der Waals surface area (Å²) in [5.74, 6) is 0.446. The first-order valence-corrected chi connectivity index (χ1v) is 9.40. The number of hydrogen-bond acceptors (Lipinski definition) is 5. The molecule has 1 aliphatic heterocycles. The summed E-state index contributed by atoms with van der Waals surface area (Å²) in [6.45, 7) is 4.82. The van der Waals surface area contributed by atoms with Crippen LogP contribution in [0.25, 0.3) is 0 Å². The Hall–Kier alpha value is -3.06. The lowest BCUT2D eigenvalue weighted by Crippen LogP contribution is -2.40. The number of para-hydroxylation sites is 2. The smallest absolute Gasteiger partial charge is 0.254 e. The van der Waals surface area contributed by atoms with Crippen molar-refractivity contribution in [2.75, 3.05) is 50.1 Å². The van der Waals surface area contributed by atoms with Crippen LogP contribution in [-0.2, 0) is 9.53 Å². The van der Waals surface area contributed by atoms with E-state index in [2.05, 4.69) is 10.6 Å². The molecule has 0 radical (unpaired) electrons. The summed E-state index contributed by atoms with van der Waals surface area (Å²) in [6, 6.07) is 14.5. The van der Waals surface area contributed by atoms with E-state index in [4.69, 9.17) is 9.47 Å². The number of amides is 2. The van der Waals surface area contributed by atoms with Crippen LogP contribution in [0.4, 0.5) is 11.4 Å². The Bertz CT molecular complexity index is 819. The highest BCUT2D eigenvalue weighted by atomic mass is 16.5. The van der Waals surface area contributed by atoms with Crippen molar-refractivity contribution in [3.8, 4) is 5.75 Å². The number of nitrogens with zero attached hydrogens (tertiary/aromatic N) is 1. The number of nitrogens with one attached hydrogen (secondary N) is 2. The number of carbonyl (C=O) groups excluding carboxylic acids is 2. The van der Waals surface area contributed by atoms with Crippen LogP contribution >= 0.6 is 0 Å². The van der Waals surface area contributed by atoms with Gasteiger partial charge in [-0.2, -0.15) is 0 Å². The molecule has 2 aromatic carbocycles. The second-order valence-corrected chi connectivity index (χ2v) is 6.32. The van der Waals surface area contributed by atoms with Gasteiger partial charge >= 0.3 is 0 Å². The molecule has 0 aliphatic carbocycles. The standard InChI is InChI=1S/C21H25N3O4/c1-2-28-19-9-4-3-8-18(19)22-15-20(25)23-17-7-5-6-16(14-17)21(26)24-10-12-27-13-11-24/h3-9,14,22H,2,10-13,15H2,1H3,(H,23,25). The maximum Gasteiger partial charge on any atom is 0.254 e. The molecular formula is C21H25N3O4. The van der Waals surface area contributed by atoms with E-state index in [1.807, 2.05) is 31.2 Å². The highest BCUT2D eigenvalue weighted by molar-refractivity contribution is 5.98. The lowest BCUT2D eigenvalue weighted by atomic mass is 10.1. The van der Waals surface area contributed by atoms with Crippen LogP contribution in [0.3, 0.4) is 0 Å². The first-order chi connectivity index (χ1) is 13.7. The topological polar surface area (TPSA) is 79.9 Å². The minimum Gasteiger partial charge on any atom is -0.492 e. The lowest BCUT2D eigenvalue weighted by molar-refractivity contribution is -0.114. The van der Waals surface area contributed by atoms with Gasteiger partial charge in [0.2, 0.25) is 5.91 Å². The number of rotatable bonds is 7. The maximum absolute atomic E-state index is 12.6. The molecule has 1 fully saturated rings. The van der Waals surface area contributed by atoms with Crippen molar-refractivity contribution in [1.82, 2.24) is 4.90 Å². The number of benzene rings is 2. The van der Waals surface area contributed by atoms with E-state index in [-0.39, 0.29) is 18.4 Å². The van der Waals surface area contributed by atoms with Crippen molar-refractivity contribution >= 4 is 23.2 Å². The molecule has 28 heavy (non-hydrogen) atoms. The van der Waals surface area contributed by atoms with Crippen LogP contribution in [-0.4, -0.2) is 56.2 Å². The molecule has 0 saturated carbocycles. The normalized spacial score (nSPS) is 13.7. The fraction of sp³-hybridized carbons (Fsp3) is 0.333. The molecule has 148 valence electrons. The molecule has 0 atom stereocenters. The van der Waals surface area contributed by atoms with Crippen molar-refractivity contribution in [2.45, 2.75) is 6.92 Å². The Morgan fingerprint density at radius 1 is 1.11 bits per heavy atom. The number of anilines is 2. The third-order valence-electron chi connectivity index (χ3n) is 4.32. The highest BCUT2D eigenvalue weighted by Crippen LogP contribution is 2.23. The first kappa shape index (κ1) is 19.7. The Kier molecular flexibility index (Phi) is 6.86. The minimum absolute atomic E-state index is 0.0526. The average Bonchev–Trinajstić information content (AvgIpc) is 2.73. The van der Waals surface area contributed by atoms with Crippen LogP contribution in [0.15, 0.2) is 48.5 Å². The summed E-state index contributed by atoms with van der Waals surface area (Å²) in [7, 11) is 0. The molecule has 0 bridgehead atoms. The molecule has 7 nitrogen and oxygen atoms in total. The van der Waals surface area contributed by atoms with Gasteiger partial charge in [0.05, 0.1) is 32.1 Å². The van der Waals surface area contributed by atoms with Crippen molar-refractivity contribution in [3.63, 3.8) is 0 Å². The molecule has 2 N–H and O–H groups in total. The van der Waals surface area contributed by atoms with Gasteiger partial charge in [-0.1, -0.05) is 18.2 Å². The summed E-state index contributed by atoms with van der Waals surface area (Å²) in [4.78, 5) is 26.7. The van der Waals surface area contributed by atoms with Crippen LogP contribution in [0.1, 0.15) is 17.3 Å². The van der Waals surface area contributed by atoms with E-state index in [0.29, 0.717) is 49.9 Å². The van der Waals surface area contributed by atoms with Gasteiger partial charge in [-0.15, -0.1) is 0 Å². The Morgan fingerprint density at radius 2 is 1.89 bits per heavy atom. The minimum atomic E-state index is -0.206. The van der Waals surface area contributed by atoms with Crippen LogP contribution in [0.5, 0.6) is 5.75 Å². The van der Waals surface area contributed by atoms with Gasteiger partial charge in [-0.3, -0.25) is 9.59 Å². The van der Waals surface area contributed by atoms with Crippen molar-refractivity contribution in [1.29, 1.82) is 0 Å². The van der Waals surface area contributed by atoms with Gasteiger partial charge in [-0.05, 0) is 37.3 Å². The molecule has 1 saturated heterocycles. The average molecular weight is 383 g/mol. The summed E-state index contributed by atoms with van der Waals surface area (Å²) in [5, 5.41) is 5.91. The largest absolute Gasteiger partial charge is 0.492 e. The summed E-state index contributed by atoms with van der Waals surface area (Å²) in [5.41, 5.74) is 1.90. The van der Waals surface area contributed by atoms with E-state index >= 15 is 0 Å². The molecule has 1 aliphatic rings. The predicted molar refractivity (Wildman–Crippen MR) is 108 cm³/mol. The molecular weight excluding hydrogens is 358 g/mol. The summed E-state index contributed by atoms with van der Waals surface area (Å²) in [6.07, 6.45) is 0. The predicted octanol–water partition coefficient (Wildman–Crippen LogP) is 2.61. The Labute approximate surface area is 164 Å². The van der Waals surface area contributed by atoms with Gasteiger partial charge in [0.15, 0.2) is 0 Å². The number of hydrogen-bond donors (Lipinski definition) is 2. The summed E-state index contributed by atoms with van der Waals surface area (Å²) < 4.78 is 10.8. The SMILES string of the molecule is CCOc1ccccc1NCC(=O)Nc1cccc(C(=O)N2CCOCC2)c1. The van der Waals surface area contributed by atoms with Gasteiger partial charge in [0.1, 0.15) is 5.75 Å². The quantitative estimate of drug-likeness (QED) is 0.768. The maximum atomic E-state index is 12.6. The van der Waals surface area contributed by atoms with Gasteiger partial charge in [0.25, 0.3) is 5.91 Å². The van der Waals surface area contributed by atoms with E-state index < -0.39 is 0 Å². The summed E-state index contributed by atoms with van der Waals surface area (Å²) >= 11 is 0. The van der Waals surface area contributed by atoms with E-state index in [1.54, 1.807) is 29.2 Å². The Balaban J connectivity index is 1.58. The van der Waals surface area contributed by atoms with E-state index in [0.717, 1.165) is 5.69 Å². The van der Waals surface area contributed by atoms with Crippen molar-refractivity contribution < 1.29 is 19.1 Å². The second-order valence-electron chi connectivity index (χ2n) is 6.32.